The Kier molecular flexibility index (Phi) is 4.64. The number of benzene rings is 2. The molecule has 5 nitrogen and oxygen atoms in total. The molecule has 1 saturated heterocycles. The summed E-state index contributed by atoms with van der Waals surface area (Å²) in [6, 6.07) is 14.1. The predicted octanol–water partition coefficient (Wildman–Crippen LogP) is 5.19. The van der Waals surface area contributed by atoms with E-state index in [0.29, 0.717) is 11.6 Å². The maximum atomic E-state index is 12.6. The van der Waals surface area contributed by atoms with Gasteiger partial charge in [0.25, 0.3) is 0 Å². The van der Waals surface area contributed by atoms with Gasteiger partial charge in [0.15, 0.2) is 0 Å². The molecule has 2 aromatic heterocycles. The van der Waals surface area contributed by atoms with Crippen molar-refractivity contribution in [3.8, 4) is 0 Å². The molecule has 1 aliphatic rings. The molecular formula is C23H21N3O2S. The molecule has 0 N–H and O–H groups in total. The van der Waals surface area contributed by atoms with E-state index in [1.54, 1.807) is 17.4 Å². The molecule has 5 rings (SSSR count). The molecule has 1 fully saturated rings. The molecule has 0 saturated carbocycles. The van der Waals surface area contributed by atoms with Crippen molar-refractivity contribution in [2.75, 3.05) is 11.4 Å². The third kappa shape index (κ3) is 3.56. The number of hydrogen-bond acceptors (Lipinski definition) is 6. The van der Waals surface area contributed by atoms with Crippen LogP contribution in [0.3, 0.4) is 0 Å². The van der Waals surface area contributed by atoms with Crippen LogP contribution in [0.2, 0.25) is 0 Å². The molecule has 0 aliphatic carbocycles. The van der Waals surface area contributed by atoms with Crippen LogP contribution in [0.25, 0.3) is 21.1 Å². The van der Waals surface area contributed by atoms with E-state index >= 15 is 0 Å². The molecule has 0 amide bonds. The van der Waals surface area contributed by atoms with Crippen molar-refractivity contribution in [1.29, 1.82) is 0 Å². The maximum absolute atomic E-state index is 12.6. The first kappa shape index (κ1) is 18.1. The summed E-state index contributed by atoms with van der Waals surface area (Å²) in [6.07, 6.45) is 4.34. The Labute approximate surface area is 173 Å². The smallest absolute Gasteiger partial charge is 0.338 e. The van der Waals surface area contributed by atoms with Gasteiger partial charge < -0.3 is 9.64 Å². The van der Waals surface area contributed by atoms with Crippen molar-refractivity contribution in [1.82, 2.24) is 9.97 Å². The molecule has 0 bridgehead atoms. The Balaban J connectivity index is 1.35. The molecule has 1 atom stereocenters. The Morgan fingerprint density at radius 2 is 2.10 bits per heavy atom. The summed E-state index contributed by atoms with van der Waals surface area (Å²) in [4.78, 5) is 23.9. The highest BCUT2D eigenvalue weighted by atomic mass is 32.1. The second-order valence-electron chi connectivity index (χ2n) is 7.52. The van der Waals surface area contributed by atoms with Crippen LogP contribution in [0.5, 0.6) is 0 Å². The minimum absolute atomic E-state index is 0.230. The van der Waals surface area contributed by atoms with Gasteiger partial charge in [0, 0.05) is 18.0 Å². The fraction of sp³-hybridized carbons (Fsp3) is 0.261. The zero-order valence-corrected chi connectivity index (χ0v) is 17.0. The highest BCUT2D eigenvalue weighted by molar-refractivity contribution is 7.16. The lowest BCUT2D eigenvalue weighted by atomic mass is 10.1. The van der Waals surface area contributed by atoms with Crippen LogP contribution in [0.4, 0.5) is 5.69 Å². The van der Waals surface area contributed by atoms with Gasteiger partial charge >= 0.3 is 5.97 Å². The zero-order valence-electron chi connectivity index (χ0n) is 16.2. The number of ether oxygens (including phenoxy) is 1. The predicted molar refractivity (Wildman–Crippen MR) is 117 cm³/mol. The summed E-state index contributed by atoms with van der Waals surface area (Å²) in [6.45, 7) is 3.53. The van der Waals surface area contributed by atoms with Crippen LogP contribution in [-0.4, -0.2) is 28.5 Å². The average molecular weight is 404 g/mol. The SMILES string of the molecule is C[C@H]1CCCN1c1cnc2ccc(C(=O)OCc3ccc4scnc4c3)cc2c1. The summed E-state index contributed by atoms with van der Waals surface area (Å²) in [5, 5.41) is 0.958. The number of nitrogens with zero attached hydrogens (tertiary/aromatic N) is 3. The number of pyridine rings is 1. The Bertz CT molecular complexity index is 1200. The number of esters is 1. The van der Waals surface area contributed by atoms with Crippen LogP contribution >= 0.6 is 11.3 Å². The first-order valence-electron chi connectivity index (χ1n) is 9.83. The number of rotatable bonds is 4. The lowest BCUT2D eigenvalue weighted by Crippen LogP contribution is -2.26. The molecule has 0 spiro atoms. The molecule has 1 aliphatic heterocycles. The van der Waals surface area contributed by atoms with Gasteiger partial charge in [0.2, 0.25) is 0 Å². The van der Waals surface area contributed by atoms with Gasteiger partial charge in [-0.15, -0.1) is 11.3 Å². The van der Waals surface area contributed by atoms with Crippen LogP contribution < -0.4 is 4.90 Å². The Morgan fingerprint density at radius 1 is 1.17 bits per heavy atom. The van der Waals surface area contributed by atoms with Crippen molar-refractivity contribution in [3.05, 3.63) is 65.3 Å². The second kappa shape index (κ2) is 7.44. The fourth-order valence-electron chi connectivity index (χ4n) is 3.95. The molecule has 3 heterocycles. The molecule has 4 aromatic rings. The Hall–Kier alpha value is -2.99. The van der Waals surface area contributed by atoms with E-state index in [-0.39, 0.29) is 12.6 Å². The van der Waals surface area contributed by atoms with Gasteiger partial charge in [0.1, 0.15) is 6.61 Å². The Morgan fingerprint density at radius 3 is 2.97 bits per heavy atom. The number of carbonyl (C=O) groups excluding carboxylic acids is 1. The van der Waals surface area contributed by atoms with E-state index in [0.717, 1.165) is 38.9 Å². The monoisotopic (exact) mass is 403 g/mol. The number of aromatic nitrogens is 2. The van der Waals surface area contributed by atoms with E-state index < -0.39 is 0 Å². The van der Waals surface area contributed by atoms with Crippen molar-refractivity contribution < 1.29 is 9.53 Å². The van der Waals surface area contributed by atoms with Crippen LogP contribution in [-0.2, 0) is 11.3 Å². The second-order valence-corrected chi connectivity index (χ2v) is 8.40. The zero-order chi connectivity index (χ0) is 19.8. The van der Waals surface area contributed by atoms with Crippen LogP contribution in [0.15, 0.2) is 54.2 Å². The van der Waals surface area contributed by atoms with E-state index in [2.05, 4.69) is 27.9 Å². The molecular weight excluding hydrogens is 382 g/mol. The van der Waals surface area contributed by atoms with Crippen molar-refractivity contribution in [2.24, 2.45) is 0 Å². The highest BCUT2D eigenvalue weighted by Gasteiger charge is 2.21. The van der Waals surface area contributed by atoms with Gasteiger partial charge in [-0.1, -0.05) is 6.07 Å². The summed E-state index contributed by atoms with van der Waals surface area (Å²) < 4.78 is 6.67. The van der Waals surface area contributed by atoms with E-state index in [9.17, 15) is 4.79 Å². The third-order valence-corrected chi connectivity index (χ3v) is 6.36. The lowest BCUT2D eigenvalue weighted by molar-refractivity contribution is 0.0473. The maximum Gasteiger partial charge on any atom is 0.338 e. The molecule has 2 aromatic carbocycles. The van der Waals surface area contributed by atoms with E-state index in [1.807, 2.05) is 42.0 Å². The average Bonchev–Trinajstić information content (AvgIpc) is 3.39. The quantitative estimate of drug-likeness (QED) is 0.439. The number of carbonyl (C=O) groups is 1. The molecule has 29 heavy (non-hydrogen) atoms. The standard InChI is InChI=1S/C23H21N3O2S/c1-15-3-2-8-26(15)19-11-18-10-17(5-6-20(18)24-12-19)23(27)28-13-16-4-7-22-21(9-16)25-14-29-22/h4-7,9-12,14-15H,2-3,8,13H2,1H3/t15-/m0/s1. The fourth-order valence-corrected chi connectivity index (χ4v) is 4.61. The topological polar surface area (TPSA) is 55.3 Å². The molecule has 146 valence electrons. The highest BCUT2D eigenvalue weighted by Crippen LogP contribution is 2.28. The molecule has 0 radical (unpaired) electrons. The summed E-state index contributed by atoms with van der Waals surface area (Å²) in [7, 11) is 0. The first-order chi connectivity index (χ1) is 14.2. The normalized spacial score (nSPS) is 16.6. The molecule has 6 heteroatoms. The minimum Gasteiger partial charge on any atom is -0.457 e. The van der Waals surface area contributed by atoms with Gasteiger partial charge in [-0.25, -0.2) is 9.78 Å². The number of anilines is 1. The minimum atomic E-state index is -0.329. The van der Waals surface area contributed by atoms with Crippen molar-refractivity contribution in [2.45, 2.75) is 32.4 Å². The molecule has 0 unspecified atom stereocenters. The van der Waals surface area contributed by atoms with Gasteiger partial charge in [-0.2, -0.15) is 0 Å². The summed E-state index contributed by atoms with van der Waals surface area (Å²) >= 11 is 1.60. The van der Waals surface area contributed by atoms with Gasteiger partial charge in [-0.05, 0) is 61.7 Å². The number of fused-ring (bicyclic) bond motifs is 2. The number of hydrogen-bond donors (Lipinski definition) is 0. The van der Waals surface area contributed by atoms with Gasteiger partial charge in [0.05, 0.1) is 38.7 Å². The van der Waals surface area contributed by atoms with Crippen LogP contribution in [0, 0.1) is 0 Å². The largest absolute Gasteiger partial charge is 0.457 e. The van der Waals surface area contributed by atoms with E-state index in [4.69, 9.17) is 4.74 Å². The summed E-state index contributed by atoms with van der Waals surface area (Å²) in [5.41, 5.74) is 6.23. The van der Waals surface area contributed by atoms with Crippen molar-refractivity contribution >= 4 is 44.1 Å². The van der Waals surface area contributed by atoms with Crippen molar-refractivity contribution in [3.63, 3.8) is 0 Å². The third-order valence-electron chi connectivity index (χ3n) is 5.55. The summed E-state index contributed by atoms with van der Waals surface area (Å²) in [5.74, 6) is -0.329. The first-order valence-corrected chi connectivity index (χ1v) is 10.7. The lowest BCUT2D eigenvalue weighted by Gasteiger charge is -2.23. The van der Waals surface area contributed by atoms with E-state index in [1.165, 1.54) is 12.8 Å². The number of thiazole rings is 1. The van der Waals surface area contributed by atoms with Gasteiger partial charge in [-0.3, -0.25) is 4.98 Å². The van der Waals surface area contributed by atoms with Crippen LogP contribution in [0.1, 0.15) is 35.7 Å².